The molecule has 0 saturated heterocycles. The van der Waals surface area contributed by atoms with E-state index >= 15 is 0 Å². The average Bonchev–Trinajstić information content (AvgIpc) is 3.23. The van der Waals surface area contributed by atoms with Gasteiger partial charge in [0.1, 0.15) is 0 Å². The standard InChI is InChI=1S/2C12H19.2CH3.2ClH.H2Si.Zr/c2*1-4-5-6-11-7-8-12(9-11)10(2)3;;;;;;/h2*9-10H,4-7H2,1-3H3;2*1H3;2*1H;1H2;. The summed E-state index contributed by atoms with van der Waals surface area (Å²) in [5.74, 6) is 1.31. The first-order valence-electron chi connectivity index (χ1n) is 11.9. The van der Waals surface area contributed by atoms with E-state index in [9.17, 15) is 0 Å². The van der Waals surface area contributed by atoms with Crippen LogP contribution < -0.4 is 0 Å². The van der Waals surface area contributed by atoms with Gasteiger partial charge in [-0.1, -0.05) is 0 Å². The normalized spacial score (nSPS) is 17.4. The van der Waals surface area contributed by atoms with Gasteiger partial charge < -0.3 is 0 Å². The van der Waals surface area contributed by atoms with Crippen LogP contribution in [0.25, 0.3) is 0 Å². The molecule has 0 nitrogen and oxygen atoms in total. The largest absolute Gasteiger partial charge is 0.147 e. The van der Waals surface area contributed by atoms with Crippen LogP contribution in [0.1, 0.15) is 92.9 Å². The summed E-state index contributed by atoms with van der Waals surface area (Å²) in [6.07, 6.45) is 15.7. The monoisotopic (exact) mass is 548 g/mol. The topological polar surface area (TPSA) is 0 Å². The van der Waals surface area contributed by atoms with E-state index in [1.165, 1.54) is 51.4 Å². The van der Waals surface area contributed by atoms with Gasteiger partial charge in [0.05, 0.1) is 0 Å². The molecule has 0 saturated carbocycles. The van der Waals surface area contributed by atoms with E-state index in [1.807, 2.05) is 6.56 Å². The van der Waals surface area contributed by atoms with Crippen LogP contribution >= 0.6 is 24.8 Å². The van der Waals surface area contributed by atoms with E-state index in [0.717, 1.165) is 0 Å². The molecule has 0 unspecified atom stereocenters. The van der Waals surface area contributed by atoms with Gasteiger partial charge in [0.25, 0.3) is 0 Å². The van der Waals surface area contributed by atoms with Gasteiger partial charge in [0, 0.05) is 0 Å². The molecule has 0 heterocycles. The van der Waals surface area contributed by atoms with E-state index in [2.05, 4.69) is 69.8 Å². The summed E-state index contributed by atoms with van der Waals surface area (Å²) in [6, 6.07) is 0. The van der Waals surface area contributed by atoms with Crippen LogP contribution in [-0.4, -0.2) is 6.88 Å². The minimum Gasteiger partial charge on any atom is -0.147 e. The molecule has 0 N–H and O–H groups in total. The van der Waals surface area contributed by atoms with Crippen molar-refractivity contribution in [1.29, 1.82) is 0 Å². The van der Waals surface area contributed by atoms with Crippen molar-refractivity contribution < 1.29 is 17.4 Å². The van der Waals surface area contributed by atoms with Crippen LogP contribution in [0, 0.1) is 11.8 Å². The number of allylic oxidation sites excluding steroid dienone is 8. The van der Waals surface area contributed by atoms with Gasteiger partial charge in [-0.2, -0.15) is 0 Å². The van der Waals surface area contributed by atoms with Crippen molar-refractivity contribution >= 4 is 31.7 Å². The fraction of sp³-hybridized carbons (Fsp3) is 0.692. The summed E-state index contributed by atoms with van der Waals surface area (Å²) in [5, 5.41) is 0. The van der Waals surface area contributed by atoms with E-state index in [1.54, 1.807) is 22.3 Å². The van der Waals surface area contributed by atoms with Gasteiger partial charge in [0.2, 0.25) is 0 Å². The zero-order valence-electron chi connectivity index (χ0n) is 21.0. The fourth-order valence-electron chi connectivity index (χ4n) is 5.21. The maximum atomic E-state index is 2.75. The Bertz CT molecular complexity index is 728. The van der Waals surface area contributed by atoms with E-state index in [0.29, 0.717) is 11.8 Å². The van der Waals surface area contributed by atoms with Gasteiger partial charge in [-0.05, 0) is 0 Å². The summed E-state index contributed by atoms with van der Waals surface area (Å²) >= 11 is -3.15. The Morgan fingerprint density at radius 1 is 0.767 bits per heavy atom. The van der Waals surface area contributed by atoms with Gasteiger partial charge in [-0.3, -0.25) is 0 Å². The third-order valence-electron chi connectivity index (χ3n) is 7.11. The number of halogens is 2. The SMILES string of the molecule is CCCCC1=CC(C(C)C)=[C]([Zr]([CH3])([CH3])(=[SiH2])[C]2=C(C(C)C)C=C(CCCC)C2)C1.Cl.Cl. The third kappa shape index (κ3) is 6.82. The molecule has 2 rings (SSSR count). The maximum Gasteiger partial charge on any atom is -0.147 e. The van der Waals surface area contributed by atoms with Crippen molar-refractivity contribution in [3.63, 3.8) is 0 Å². The van der Waals surface area contributed by atoms with Gasteiger partial charge in [0.15, 0.2) is 0 Å². The van der Waals surface area contributed by atoms with Gasteiger partial charge in [-0.15, -0.1) is 24.8 Å². The first-order valence-corrected chi connectivity index (χ1v) is 25.2. The molecule has 0 aromatic carbocycles. The van der Waals surface area contributed by atoms with Gasteiger partial charge >= 0.3 is 179 Å². The molecule has 2 aliphatic carbocycles. The van der Waals surface area contributed by atoms with Crippen LogP contribution in [0.4, 0.5) is 0 Å². The Morgan fingerprint density at radius 3 is 1.37 bits per heavy atom. The number of hydrogen-bond donors (Lipinski definition) is 0. The summed E-state index contributed by atoms with van der Waals surface area (Å²) in [4.78, 5) is 0. The van der Waals surface area contributed by atoms with E-state index < -0.39 is 17.4 Å². The van der Waals surface area contributed by atoms with Crippen molar-refractivity contribution in [2.45, 2.75) is 102 Å². The van der Waals surface area contributed by atoms with Gasteiger partial charge in [-0.25, -0.2) is 0 Å². The van der Waals surface area contributed by atoms with E-state index in [4.69, 9.17) is 0 Å². The Labute approximate surface area is 202 Å². The Morgan fingerprint density at radius 2 is 1.10 bits per heavy atom. The molecular formula is C26H48Cl2SiZr. The van der Waals surface area contributed by atoms with Crippen molar-refractivity contribution in [3.05, 3.63) is 41.0 Å². The molecule has 0 atom stereocenters. The molecule has 0 amide bonds. The zero-order valence-corrected chi connectivity index (χ0v) is 26.5. The summed E-state index contributed by atoms with van der Waals surface area (Å²) < 4.78 is 9.34. The Hall–Kier alpha value is 0.640. The van der Waals surface area contributed by atoms with Crippen LogP contribution in [0.3, 0.4) is 0 Å². The molecule has 0 aromatic heterocycles. The average molecular weight is 551 g/mol. The van der Waals surface area contributed by atoms with Crippen LogP contribution in [0.2, 0.25) is 9.26 Å². The Kier molecular flexibility index (Phi) is 12.5. The molecule has 30 heavy (non-hydrogen) atoms. The minimum absolute atomic E-state index is 0. The van der Waals surface area contributed by atoms with Crippen molar-refractivity contribution in [3.8, 4) is 0 Å². The zero-order chi connectivity index (χ0) is 21.1. The number of hydrogen-bond acceptors (Lipinski definition) is 0. The van der Waals surface area contributed by atoms with E-state index in [-0.39, 0.29) is 24.8 Å². The molecular weight excluding hydrogens is 503 g/mol. The minimum atomic E-state index is -3.15. The number of rotatable bonds is 10. The molecule has 0 spiro atoms. The summed E-state index contributed by atoms with van der Waals surface area (Å²) in [5.41, 5.74) is 6.88. The van der Waals surface area contributed by atoms with Crippen LogP contribution in [0.5, 0.6) is 0 Å². The predicted octanol–water partition coefficient (Wildman–Crippen LogP) is 9.02. The first-order chi connectivity index (χ1) is 13.0. The van der Waals surface area contributed by atoms with Crippen molar-refractivity contribution in [1.82, 2.24) is 0 Å². The quantitative estimate of drug-likeness (QED) is 0.238. The third-order valence-corrected chi connectivity index (χ3v) is 24.0. The number of unbranched alkanes of at least 4 members (excludes halogenated alkanes) is 2. The fourth-order valence-corrected chi connectivity index (χ4v) is 20.2. The second-order valence-corrected chi connectivity index (χ2v) is 39.7. The second-order valence-electron chi connectivity index (χ2n) is 11.0. The smallest absolute Gasteiger partial charge is 0.147 e. The van der Waals surface area contributed by atoms with Crippen LogP contribution in [-0.2, 0) is 17.4 Å². The molecule has 2 aliphatic rings. The molecule has 0 fully saturated rings. The second kappa shape index (κ2) is 12.2. The van der Waals surface area contributed by atoms with Crippen LogP contribution in [0.15, 0.2) is 41.0 Å². The molecule has 0 radical (unpaired) electrons. The molecule has 0 aliphatic heterocycles. The molecule has 0 aromatic rings. The predicted molar refractivity (Wildman–Crippen MR) is 143 cm³/mol. The molecule has 0 bridgehead atoms. The Balaban J connectivity index is 0.00000420. The maximum absolute atomic E-state index is 3.15. The first kappa shape index (κ1) is 30.6. The molecule has 174 valence electrons. The van der Waals surface area contributed by atoms with Crippen molar-refractivity contribution in [2.75, 3.05) is 0 Å². The summed E-state index contributed by atoms with van der Waals surface area (Å²) in [6.45, 7) is 16.8. The summed E-state index contributed by atoms with van der Waals surface area (Å²) in [7, 11) is 0. The molecule has 4 heteroatoms. The van der Waals surface area contributed by atoms with Crippen molar-refractivity contribution in [2.24, 2.45) is 11.8 Å².